The van der Waals surface area contributed by atoms with Gasteiger partial charge in [0.15, 0.2) is 0 Å². The van der Waals surface area contributed by atoms with Crippen LogP contribution >= 0.6 is 15.9 Å². The van der Waals surface area contributed by atoms with Crippen molar-refractivity contribution in [3.63, 3.8) is 0 Å². The van der Waals surface area contributed by atoms with Gasteiger partial charge < -0.3 is 9.47 Å². The minimum atomic E-state index is 0.288. The number of hydrogen-bond acceptors (Lipinski definition) is 4. The largest absolute Gasteiger partial charge is 0.481 e. The van der Waals surface area contributed by atoms with Crippen molar-refractivity contribution in [1.82, 2.24) is 9.97 Å². The van der Waals surface area contributed by atoms with E-state index in [1.165, 1.54) is 14.2 Å². The zero-order valence-corrected chi connectivity index (χ0v) is 7.75. The van der Waals surface area contributed by atoms with Crippen LogP contribution in [0.25, 0.3) is 0 Å². The molecule has 0 bridgehead atoms. The van der Waals surface area contributed by atoms with Crippen molar-refractivity contribution in [2.24, 2.45) is 0 Å². The average Bonchev–Trinajstić information content (AvgIpc) is 2.03. The number of nitrogens with zero attached hydrogens (tertiary/aromatic N) is 2. The van der Waals surface area contributed by atoms with Crippen LogP contribution in [0, 0.1) is 0 Å². The summed E-state index contributed by atoms with van der Waals surface area (Å²) in [7, 11) is 3.04. The Morgan fingerprint density at radius 2 is 2.00 bits per heavy atom. The van der Waals surface area contributed by atoms with Crippen molar-refractivity contribution in [2.75, 3.05) is 14.2 Å². The summed E-state index contributed by atoms with van der Waals surface area (Å²) in [6.07, 6.45) is 0. The molecule has 0 aliphatic heterocycles. The molecule has 0 saturated heterocycles. The average molecular weight is 219 g/mol. The van der Waals surface area contributed by atoms with Crippen LogP contribution in [0.2, 0.25) is 0 Å². The van der Waals surface area contributed by atoms with E-state index in [1.54, 1.807) is 6.07 Å². The fourth-order valence-electron chi connectivity index (χ4n) is 0.573. The second kappa shape index (κ2) is 3.52. The fourth-order valence-corrected chi connectivity index (χ4v) is 0.920. The second-order valence-corrected chi connectivity index (χ2v) is 2.53. The Hall–Kier alpha value is -0.840. The van der Waals surface area contributed by atoms with E-state index in [4.69, 9.17) is 9.47 Å². The lowest BCUT2D eigenvalue weighted by atomic mass is 10.6. The SMILES string of the molecule is COc1cc(Br)nc(OC)n1. The molecule has 0 N–H and O–H groups in total. The lowest BCUT2D eigenvalue weighted by molar-refractivity contribution is 0.351. The van der Waals surface area contributed by atoms with Crippen LogP contribution < -0.4 is 9.47 Å². The molecule has 11 heavy (non-hydrogen) atoms. The van der Waals surface area contributed by atoms with Crippen molar-refractivity contribution < 1.29 is 9.47 Å². The Morgan fingerprint density at radius 3 is 2.55 bits per heavy atom. The van der Waals surface area contributed by atoms with E-state index in [0.717, 1.165) is 0 Å². The molecule has 4 nitrogen and oxygen atoms in total. The van der Waals surface area contributed by atoms with Gasteiger partial charge in [0.2, 0.25) is 5.88 Å². The summed E-state index contributed by atoms with van der Waals surface area (Å²) in [5, 5.41) is 0. The zero-order chi connectivity index (χ0) is 8.27. The molecule has 0 amide bonds. The molecular formula is C6H7BrN2O2. The topological polar surface area (TPSA) is 44.2 Å². The van der Waals surface area contributed by atoms with Gasteiger partial charge in [-0.2, -0.15) is 9.97 Å². The molecule has 0 radical (unpaired) electrons. The van der Waals surface area contributed by atoms with Crippen LogP contribution in [0.1, 0.15) is 0 Å². The van der Waals surface area contributed by atoms with Crippen molar-refractivity contribution >= 4 is 15.9 Å². The molecule has 0 atom stereocenters. The van der Waals surface area contributed by atoms with E-state index in [9.17, 15) is 0 Å². The van der Waals surface area contributed by atoms with Gasteiger partial charge in [-0.05, 0) is 15.9 Å². The van der Waals surface area contributed by atoms with Gasteiger partial charge in [0.25, 0.3) is 0 Å². The molecule has 0 fully saturated rings. The maximum atomic E-state index is 4.88. The van der Waals surface area contributed by atoms with Gasteiger partial charge in [0, 0.05) is 6.07 Å². The van der Waals surface area contributed by atoms with Gasteiger partial charge in [-0.15, -0.1) is 0 Å². The minimum Gasteiger partial charge on any atom is -0.481 e. The summed E-state index contributed by atoms with van der Waals surface area (Å²) in [5.41, 5.74) is 0. The molecule has 0 unspecified atom stereocenters. The van der Waals surface area contributed by atoms with Crippen molar-refractivity contribution in [3.8, 4) is 11.9 Å². The van der Waals surface area contributed by atoms with Gasteiger partial charge in [-0.1, -0.05) is 0 Å². The third kappa shape index (κ3) is 2.04. The predicted molar refractivity (Wildman–Crippen MR) is 42.8 cm³/mol. The van der Waals surface area contributed by atoms with Gasteiger partial charge in [0.05, 0.1) is 14.2 Å². The number of methoxy groups -OCH3 is 2. The quantitative estimate of drug-likeness (QED) is 0.702. The molecule has 0 saturated carbocycles. The van der Waals surface area contributed by atoms with Gasteiger partial charge in [0.1, 0.15) is 4.60 Å². The second-order valence-electron chi connectivity index (χ2n) is 1.72. The Balaban J connectivity index is 3.02. The summed E-state index contributed by atoms with van der Waals surface area (Å²) >= 11 is 3.18. The fraction of sp³-hybridized carbons (Fsp3) is 0.333. The van der Waals surface area contributed by atoms with E-state index in [0.29, 0.717) is 10.5 Å². The van der Waals surface area contributed by atoms with Crippen LogP contribution in [-0.2, 0) is 0 Å². The lowest BCUT2D eigenvalue weighted by Gasteiger charge is -2.01. The number of aromatic nitrogens is 2. The van der Waals surface area contributed by atoms with Crippen molar-refractivity contribution in [1.29, 1.82) is 0 Å². The van der Waals surface area contributed by atoms with Crippen LogP contribution in [0.3, 0.4) is 0 Å². The molecule has 1 rings (SSSR count). The molecule has 60 valence electrons. The summed E-state index contributed by atoms with van der Waals surface area (Å²) in [5.74, 6) is 0.476. The highest BCUT2D eigenvalue weighted by molar-refractivity contribution is 9.10. The normalized spacial score (nSPS) is 9.36. The predicted octanol–water partition coefficient (Wildman–Crippen LogP) is 1.26. The minimum absolute atomic E-state index is 0.288. The van der Waals surface area contributed by atoms with E-state index in [2.05, 4.69) is 25.9 Å². The molecular weight excluding hydrogens is 212 g/mol. The lowest BCUT2D eigenvalue weighted by Crippen LogP contribution is -1.95. The highest BCUT2D eigenvalue weighted by atomic mass is 79.9. The highest BCUT2D eigenvalue weighted by Gasteiger charge is 2.01. The van der Waals surface area contributed by atoms with Crippen LogP contribution in [-0.4, -0.2) is 24.2 Å². The smallest absolute Gasteiger partial charge is 0.320 e. The number of rotatable bonds is 2. The standard InChI is InChI=1S/C6H7BrN2O2/c1-10-5-3-4(7)8-6(9-5)11-2/h3H,1-2H3. The van der Waals surface area contributed by atoms with Crippen molar-refractivity contribution in [3.05, 3.63) is 10.7 Å². The van der Waals surface area contributed by atoms with Crippen LogP contribution in [0.15, 0.2) is 10.7 Å². The molecule has 0 aliphatic carbocycles. The van der Waals surface area contributed by atoms with Crippen LogP contribution in [0.4, 0.5) is 0 Å². The number of halogens is 1. The number of hydrogen-bond donors (Lipinski definition) is 0. The molecule has 5 heteroatoms. The van der Waals surface area contributed by atoms with Crippen LogP contribution in [0.5, 0.6) is 11.9 Å². The Labute approximate surface area is 72.7 Å². The first-order chi connectivity index (χ1) is 5.26. The molecule has 1 aromatic rings. The van der Waals surface area contributed by atoms with E-state index in [-0.39, 0.29) is 6.01 Å². The van der Waals surface area contributed by atoms with Gasteiger partial charge >= 0.3 is 6.01 Å². The monoisotopic (exact) mass is 218 g/mol. The number of ether oxygens (including phenoxy) is 2. The molecule has 0 aromatic carbocycles. The van der Waals surface area contributed by atoms with E-state index < -0.39 is 0 Å². The first-order valence-electron chi connectivity index (χ1n) is 2.89. The Kier molecular flexibility index (Phi) is 2.64. The first kappa shape index (κ1) is 8.26. The third-order valence-electron chi connectivity index (χ3n) is 1.04. The summed E-state index contributed by atoms with van der Waals surface area (Å²) in [4.78, 5) is 7.79. The third-order valence-corrected chi connectivity index (χ3v) is 1.45. The molecule has 1 heterocycles. The molecule has 0 spiro atoms. The molecule has 1 aromatic heterocycles. The highest BCUT2D eigenvalue weighted by Crippen LogP contribution is 2.16. The summed E-state index contributed by atoms with van der Waals surface area (Å²) < 4.78 is 10.3. The van der Waals surface area contributed by atoms with Gasteiger partial charge in [-0.25, -0.2) is 0 Å². The van der Waals surface area contributed by atoms with E-state index >= 15 is 0 Å². The zero-order valence-electron chi connectivity index (χ0n) is 6.17. The maximum Gasteiger partial charge on any atom is 0.320 e. The molecule has 0 aliphatic rings. The Bertz CT molecular complexity index is 232. The van der Waals surface area contributed by atoms with Gasteiger partial charge in [-0.3, -0.25) is 0 Å². The Morgan fingerprint density at radius 1 is 1.27 bits per heavy atom. The van der Waals surface area contributed by atoms with Crippen molar-refractivity contribution in [2.45, 2.75) is 0 Å². The maximum absolute atomic E-state index is 4.88. The summed E-state index contributed by atoms with van der Waals surface area (Å²) in [6.45, 7) is 0. The first-order valence-corrected chi connectivity index (χ1v) is 3.68. The summed E-state index contributed by atoms with van der Waals surface area (Å²) in [6, 6.07) is 1.94. The van der Waals surface area contributed by atoms with E-state index in [1.807, 2.05) is 0 Å².